The van der Waals surface area contributed by atoms with Crippen LogP contribution in [0.1, 0.15) is 17.3 Å². The number of carbonyl (C=O) groups is 1. The predicted octanol–water partition coefficient (Wildman–Crippen LogP) is 2.20. The zero-order valence-corrected chi connectivity index (χ0v) is 15.0. The van der Waals surface area contributed by atoms with Crippen LogP contribution in [0.2, 0.25) is 0 Å². The number of nitrogens with one attached hydrogen (secondary N) is 1. The molecule has 152 valence electrons. The lowest BCUT2D eigenvalue weighted by Crippen LogP contribution is -2.33. The van der Waals surface area contributed by atoms with Gasteiger partial charge in [0.15, 0.2) is 0 Å². The van der Waals surface area contributed by atoms with Gasteiger partial charge in [-0.3, -0.25) is 4.79 Å². The Hall–Kier alpha value is -3.35. The summed E-state index contributed by atoms with van der Waals surface area (Å²) in [6.07, 6.45) is -5.90. The van der Waals surface area contributed by atoms with Crippen molar-refractivity contribution >= 4 is 15.9 Å². The van der Waals surface area contributed by atoms with Gasteiger partial charge < -0.3 is 0 Å². The Bertz CT molecular complexity index is 1120. The molecule has 0 aliphatic heterocycles. The molecule has 29 heavy (non-hydrogen) atoms. The van der Waals surface area contributed by atoms with E-state index in [2.05, 4.69) is 15.5 Å². The average Bonchev–Trinajstić information content (AvgIpc) is 3.21. The molecule has 0 spiro atoms. The number of carbonyl (C=O) groups excluding carboxylic acids is 1. The lowest BCUT2D eigenvalue weighted by molar-refractivity contribution is -0.137. The van der Waals surface area contributed by atoms with Gasteiger partial charge in [0.2, 0.25) is 6.17 Å². The minimum atomic E-state index is -4.62. The molecule has 13 heteroatoms. The van der Waals surface area contributed by atoms with Crippen LogP contribution >= 0.6 is 0 Å². The lowest BCUT2D eigenvalue weighted by atomic mass is 10.1. The van der Waals surface area contributed by atoms with Crippen molar-refractivity contribution in [1.82, 2.24) is 24.9 Å². The van der Waals surface area contributed by atoms with Crippen molar-refractivity contribution in [2.24, 2.45) is 0 Å². The summed E-state index contributed by atoms with van der Waals surface area (Å²) in [5.74, 6) is -1.54. The lowest BCUT2D eigenvalue weighted by Gasteiger charge is -2.12. The third-order valence-electron chi connectivity index (χ3n) is 3.74. The van der Waals surface area contributed by atoms with E-state index in [0.29, 0.717) is 12.1 Å². The summed E-state index contributed by atoms with van der Waals surface area (Å²) in [5, 5.41) is 10.4. The summed E-state index contributed by atoms with van der Waals surface area (Å²) in [4.78, 5) is 11.6. The van der Waals surface area contributed by atoms with E-state index in [1.807, 2.05) is 0 Å². The highest BCUT2D eigenvalue weighted by atomic mass is 32.2. The van der Waals surface area contributed by atoms with Gasteiger partial charge in [0.25, 0.3) is 15.9 Å². The summed E-state index contributed by atoms with van der Waals surface area (Å²) >= 11 is 0. The summed E-state index contributed by atoms with van der Waals surface area (Å²) < 4.78 is 79.5. The van der Waals surface area contributed by atoms with Gasteiger partial charge in [0, 0.05) is 0 Å². The van der Waals surface area contributed by atoms with Crippen LogP contribution in [0.3, 0.4) is 0 Å². The number of alkyl halides is 4. The fourth-order valence-corrected chi connectivity index (χ4v) is 3.33. The number of aromatic nitrogens is 4. The molecular formula is C16H11F4N5O3S. The molecule has 2 aromatic carbocycles. The van der Waals surface area contributed by atoms with Gasteiger partial charge in [0.05, 0.1) is 16.1 Å². The minimum Gasteiger partial charge on any atom is -0.270 e. The van der Waals surface area contributed by atoms with Crippen LogP contribution in [0.4, 0.5) is 17.6 Å². The molecule has 8 nitrogen and oxygen atoms in total. The number of hydrogen-bond donors (Lipinski definition) is 1. The van der Waals surface area contributed by atoms with Crippen molar-refractivity contribution in [1.29, 1.82) is 0 Å². The second-order valence-electron chi connectivity index (χ2n) is 5.70. The van der Waals surface area contributed by atoms with Crippen LogP contribution in [0.15, 0.2) is 59.8 Å². The Morgan fingerprint density at radius 1 is 1.10 bits per heavy atom. The van der Waals surface area contributed by atoms with Crippen LogP contribution in [-0.4, -0.2) is 34.5 Å². The van der Waals surface area contributed by atoms with Gasteiger partial charge in [-0.05, 0) is 46.3 Å². The van der Waals surface area contributed by atoms with Gasteiger partial charge in [-0.25, -0.2) is 22.2 Å². The third-order valence-corrected chi connectivity index (χ3v) is 5.08. The Morgan fingerprint density at radius 3 is 2.38 bits per heavy atom. The second kappa shape index (κ2) is 7.58. The van der Waals surface area contributed by atoms with Gasteiger partial charge in [-0.1, -0.05) is 18.2 Å². The number of hydrogen-bond acceptors (Lipinski definition) is 6. The van der Waals surface area contributed by atoms with E-state index in [1.54, 1.807) is 4.72 Å². The molecule has 0 aliphatic rings. The van der Waals surface area contributed by atoms with Crippen molar-refractivity contribution in [3.05, 3.63) is 66.0 Å². The van der Waals surface area contributed by atoms with E-state index < -0.39 is 39.4 Å². The molecule has 0 bridgehead atoms. The average molecular weight is 429 g/mol. The number of tetrazole rings is 1. The van der Waals surface area contributed by atoms with Crippen molar-refractivity contribution in [2.75, 3.05) is 0 Å². The normalized spacial score (nSPS) is 13.1. The monoisotopic (exact) mass is 429 g/mol. The summed E-state index contributed by atoms with van der Waals surface area (Å²) in [5.41, 5.74) is -1.18. The largest absolute Gasteiger partial charge is 0.416 e. The fraction of sp³-hybridized carbons (Fsp3) is 0.125. The van der Waals surface area contributed by atoms with Crippen molar-refractivity contribution in [2.45, 2.75) is 17.2 Å². The van der Waals surface area contributed by atoms with Crippen LogP contribution in [0, 0.1) is 0 Å². The molecule has 0 fully saturated rings. The molecule has 1 heterocycles. The van der Waals surface area contributed by atoms with E-state index in [4.69, 9.17) is 0 Å². The first-order valence-electron chi connectivity index (χ1n) is 7.79. The maximum atomic E-state index is 14.3. The van der Waals surface area contributed by atoms with Gasteiger partial charge >= 0.3 is 6.18 Å². The Morgan fingerprint density at radius 2 is 1.79 bits per heavy atom. The molecule has 0 radical (unpaired) electrons. The highest BCUT2D eigenvalue weighted by molar-refractivity contribution is 7.90. The summed E-state index contributed by atoms with van der Waals surface area (Å²) in [7, 11) is -4.46. The zero-order chi connectivity index (χ0) is 21.2. The van der Waals surface area contributed by atoms with Crippen LogP contribution in [0.5, 0.6) is 0 Å². The highest BCUT2D eigenvalue weighted by Crippen LogP contribution is 2.30. The maximum Gasteiger partial charge on any atom is 0.416 e. The SMILES string of the molecule is O=C(NS(=O)(=O)c1cccc(-n2cnnn2)c1)C(F)c1ccc(C(F)(F)F)cc1. The van der Waals surface area contributed by atoms with Crippen LogP contribution < -0.4 is 4.72 Å². The molecule has 0 saturated heterocycles. The smallest absolute Gasteiger partial charge is 0.270 e. The Balaban J connectivity index is 1.78. The van der Waals surface area contributed by atoms with E-state index in [9.17, 15) is 30.8 Å². The number of benzene rings is 2. The zero-order valence-electron chi connectivity index (χ0n) is 14.2. The number of nitrogens with zero attached hydrogens (tertiary/aromatic N) is 4. The second-order valence-corrected chi connectivity index (χ2v) is 7.39. The minimum absolute atomic E-state index is 0.268. The predicted molar refractivity (Wildman–Crippen MR) is 89.8 cm³/mol. The van der Waals surface area contributed by atoms with Crippen LogP contribution in [-0.2, 0) is 21.0 Å². The van der Waals surface area contributed by atoms with E-state index in [0.717, 1.165) is 24.3 Å². The number of rotatable bonds is 5. The van der Waals surface area contributed by atoms with Crippen molar-refractivity contribution in [3.8, 4) is 5.69 Å². The molecule has 0 aliphatic carbocycles. The van der Waals surface area contributed by atoms with Crippen LogP contribution in [0.25, 0.3) is 5.69 Å². The molecule has 0 saturated carbocycles. The summed E-state index contributed by atoms with van der Waals surface area (Å²) in [6, 6.07) is 7.89. The van der Waals surface area contributed by atoms with E-state index in [-0.39, 0.29) is 10.6 Å². The molecule has 1 unspecified atom stereocenters. The first-order valence-corrected chi connectivity index (χ1v) is 9.27. The number of amides is 1. The quantitative estimate of drug-likeness (QED) is 0.624. The molecule has 1 aromatic heterocycles. The topological polar surface area (TPSA) is 107 Å². The highest BCUT2D eigenvalue weighted by Gasteiger charge is 2.31. The Labute approximate surface area is 161 Å². The van der Waals surface area contributed by atoms with E-state index >= 15 is 0 Å². The van der Waals surface area contributed by atoms with Crippen molar-refractivity contribution in [3.63, 3.8) is 0 Å². The Kier molecular flexibility index (Phi) is 5.33. The van der Waals surface area contributed by atoms with Gasteiger partial charge in [0.1, 0.15) is 6.33 Å². The molecular weight excluding hydrogens is 418 g/mol. The molecule has 1 amide bonds. The van der Waals surface area contributed by atoms with Gasteiger partial charge in [-0.2, -0.15) is 13.2 Å². The molecule has 3 rings (SSSR count). The first-order chi connectivity index (χ1) is 13.6. The molecule has 3 aromatic rings. The summed E-state index contributed by atoms with van der Waals surface area (Å²) in [6.45, 7) is 0. The molecule has 1 atom stereocenters. The number of sulfonamides is 1. The number of halogens is 4. The maximum absolute atomic E-state index is 14.3. The van der Waals surface area contributed by atoms with E-state index in [1.165, 1.54) is 23.1 Å². The first kappa shape index (κ1) is 20.4. The molecule has 1 N–H and O–H groups in total. The standard InChI is InChI=1S/C16H11F4N5O3S/c17-14(10-4-6-11(7-5-10)16(18,19)20)15(26)22-29(27,28)13-3-1-2-12(8-13)25-9-21-23-24-25/h1-9,14H,(H,22,26). The third kappa shape index (κ3) is 4.56. The van der Waals surface area contributed by atoms with Gasteiger partial charge in [-0.15, -0.1) is 5.10 Å². The van der Waals surface area contributed by atoms with Crippen molar-refractivity contribution < 1.29 is 30.8 Å². The fourth-order valence-electron chi connectivity index (χ4n) is 2.31.